The number of piperazine rings is 1. The Hall–Kier alpha value is -1.77. The van der Waals surface area contributed by atoms with Gasteiger partial charge >= 0.3 is 0 Å². The van der Waals surface area contributed by atoms with Gasteiger partial charge in [0, 0.05) is 38.8 Å². The lowest BCUT2D eigenvalue weighted by atomic mass is 10.2. The molecule has 0 aliphatic carbocycles. The molecule has 7 nitrogen and oxygen atoms in total. The molecule has 2 N–H and O–H groups in total. The van der Waals surface area contributed by atoms with Gasteiger partial charge in [-0.25, -0.2) is 0 Å². The summed E-state index contributed by atoms with van der Waals surface area (Å²) in [6.07, 6.45) is 0. The van der Waals surface area contributed by atoms with Crippen molar-refractivity contribution in [3.05, 3.63) is 34.4 Å². The van der Waals surface area contributed by atoms with Gasteiger partial charge in [0.1, 0.15) is 5.69 Å². The van der Waals surface area contributed by atoms with Crippen LogP contribution in [-0.4, -0.2) is 64.3 Å². The third kappa shape index (κ3) is 4.10. The SMILES string of the molecule is O=[N+]([O-])c1ccccc1NC(=S)N1CCN(CCO)CC1. The van der Waals surface area contributed by atoms with Crippen LogP contribution in [0.4, 0.5) is 11.4 Å². The third-order valence-corrected chi connectivity index (χ3v) is 3.78. The van der Waals surface area contributed by atoms with E-state index < -0.39 is 4.92 Å². The normalized spacial score (nSPS) is 15.8. The van der Waals surface area contributed by atoms with E-state index >= 15 is 0 Å². The number of aliphatic hydroxyl groups excluding tert-OH is 1. The first-order valence-electron chi connectivity index (χ1n) is 6.74. The minimum atomic E-state index is -0.426. The van der Waals surface area contributed by atoms with E-state index in [2.05, 4.69) is 10.2 Å². The van der Waals surface area contributed by atoms with E-state index in [0.29, 0.717) is 17.3 Å². The van der Waals surface area contributed by atoms with Gasteiger partial charge in [0.15, 0.2) is 5.11 Å². The van der Waals surface area contributed by atoms with Gasteiger partial charge in [0.25, 0.3) is 5.69 Å². The summed E-state index contributed by atoms with van der Waals surface area (Å²) in [6, 6.07) is 6.45. The van der Waals surface area contributed by atoms with Crippen LogP contribution in [0.2, 0.25) is 0 Å². The summed E-state index contributed by atoms with van der Waals surface area (Å²) in [6.45, 7) is 3.94. The zero-order chi connectivity index (χ0) is 15.2. The fourth-order valence-corrected chi connectivity index (χ4v) is 2.54. The molecule has 21 heavy (non-hydrogen) atoms. The molecule has 0 amide bonds. The van der Waals surface area contributed by atoms with Gasteiger partial charge in [0.2, 0.25) is 0 Å². The largest absolute Gasteiger partial charge is 0.395 e. The maximum Gasteiger partial charge on any atom is 0.292 e. The van der Waals surface area contributed by atoms with Gasteiger partial charge in [0.05, 0.1) is 11.5 Å². The van der Waals surface area contributed by atoms with Gasteiger partial charge in [-0.3, -0.25) is 15.0 Å². The summed E-state index contributed by atoms with van der Waals surface area (Å²) in [5.74, 6) is 0. The van der Waals surface area contributed by atoms with Gasteiger partial charge in [-0.2, -0.15) is 0 Å². The summed E-state index contributed by atoms with van der Waals surface area (Å²) in [7, 11) is 0. The van der Waals surface area contributed by atoms with E-state index in [1.54, 1.807) is 18.2 Å². The molecule has 1 aliphatic heterocycles. The minimum absolute atomic E-state index is 0.0127. The second-order valence-corrected chi connectivity index (χ2v) is 5.14. The Morgan fingerprint density at radius 3 is 2.62 bits per heavy atom. The molecule has 1 aromatic rings. The van der Waals surface area contributed by atoms with Crippen LogP contribution in [-0.2, 0) is 0 Å². The third-order valence-electron chi connectivity index (χ3n) is 3.42. The molecule has 0 radical (unpaired) electrons. The van der Waals surface area contributed by atoms with Crippen molar-refractivity contribution < 1.29 is 10.0 Å². The molecule has 0 bridgehead atoms. The van der Waals surface area contributed by atoms with Gasteiger partial charge in [-0.05, 0) is 18.3 Å². The van der Waals surface area contributed by atoms with Crippen molar-refractivity contribution in [2.45, 2.75) is 0 Å². The Morgan fingerprint density at radius 1 is 1.33 bits per heavy atom. The van der Waals surface area contributed by atoms with Crippen LogP contribution in [0.15, 0.2) is 24.3 Å². The number of nitrogens with one attached hydrogen (secondary N) is 1. The van der Waals surface area contributed by atoms with Gasteiger partial charge in [-0.1, -0.05) is 12.1 Å². The molecule has 0 saturated carbocycles. The summed E-state index contributed by atoms with van der Waals surface area (Å²) in [5.41, 5.74) is 0.420. The molecule has 1 aromatic carbocycles. The predicted octanol–water partition coefficient (Wildman–Crippen LogP) is 0.901. The lowest BCUT2D eigenvalue weighted by Crippen LogP contribution is -2.50. The molecular weight excluding hydrogens is 292 g/mol. The van der Waals surface area contributed by atoms with Crippen LogP contribution in [0, 0.1) is 10.1 Å². The van der Waals surface area contributed by atoms with E-state index in [-0.39, 0.29) is 12.3 Å². The number of hydrogen-bond donors (Lipinski definition) is 2. The highest BCUT2D eigenvalue weighted by Gasteiger charge is 2.20. The number of rotatable bonds is 4. The number of nitro benzene ring substituents is 1. The second-order valence-electron chi connectivity index (χ2n) is 4.76. The molecule has 0 unspecified atom stereocenters. The zero-order valence-corrected chi connectivity index (χ0v) is 12.4. The first-order valence-corrected chi connectivity index (χ1v) is 7.15. The van der Waals surface area contributed by atoms with E-state index in [1.807, 2.05) is 4.90 Å². The molecule has 1 aliphatic rings. The molecule has 0 aromatic heterocycles. The van der Waals surface area contributed by atoms with Crippen molar-refractivity contribution in [1.82, 2.24) is 9.80 Å². The van der Waals surface area contributed by atoms with E-state index in [4.69, 9.17) is 17.3 Å². The number of thiocarbonyl (C=S) groups is 1. The summed E-state index contributed by atoms with van der Waals surface area (Å²) in [5, 5.41) is 23.3. The molecular formula is C13H18N4O3S. The Bertz CT molecular complexity index is 518. The number of anilines is 1. The van der Waals surface area contributed by atoms with Crippen LogP contribution in [0.3, 0.4) is 0 Å². The van der Waals surface area contributed by atoms with E-state index in [9.17, 15) is 10.1 Å². The minimum Gasteiger partial charge on any atom is -0.395 e. The highest BCUT2D eigenvalue weighted by atomic mass is 32.1. The van der Waals surface area contributed by atoms with Crippen LogP contribution < -0.4 is 5.32 Å². The van der Waals surface area contributed by atoms with Crippen molar-refractivity contribution in [2.75, 3.05) is 44.6 Å². The summed E-state index contributed by atoms with van der Waals surface area (Å²) < 4.78 is 0. The molecule has 114 valence electrons. The summed E-state index contributed by atoms with van der Waals surface area (Å²) >= 11 is 5.33. The van der Waals surface area contributed by atoms with Crippen LogP contribution >= 0.6 is 12.2 Å². The number of para-hydroxylation sites is 2. The number of hydrogen-bond acceptors (Lipinski definition) is 5. The van der Waals surface area contributed by atoms with E-state index in [0.717, 1.165) is 26.2 Å². The fourth-order valence-electron chi connectivity index (χ4n) is 2.25. The first kappa shape index (κ1) is 15.6. The van der Waals surface area contributed by atoms with Gasteiger partial charge < -0.3 is 15.3 Å². The second kappa shape index (κ2) is 7.30. The Kier molecular flexibility index (Phi) is 5.43. The number of β-amino-alcohol motifs (C(OH)–C–C–N with tert-alkyl or cyclic N) is 1. The number of benzene rings is 1. The lowest BCUT2D eigenvalue weighted by Gasteiger charge is -2.35. The average Bonchev–Trinajstić information content (AvgIpc) is 2.48. The number of aliphatic hydroxyl groups is 1. The topological polar surface area (TPSA) is 81.9 Å². The smallest absolute Gasteiger partial charge is 0.292 e. The Labute approximate surface area is 128 Å². The molecule has 0 atom stereocenters. The highest BCUT2D eigenvalue weighted by Crippen LogP contribution is 2.23. The van der Waals surface area contributed by atoms with Crippen molar-refractivity contribution >= 4 is 28.7 Å². The van der Waals surface area contributed by atoms with Crippen molar-refractivity contribution in [3.63, 3.8) is 0 Å². The Morgan fingerprint density at radius 2 is 2.00 bits per heavy atom. The van der Waals surface area contributed by atoms with Crippen LogP contribution in [0.25, 0.3) is 0 Å². The van der Waals surface area contributed by atoms with E-state index in [1.165, 1.54) is 6.07 Å². The van der Waals surface area contributed by atoms with Crippen LogP contribution in [0.1, 0.15) is 0 Å². The molecule has 8 heteroatoms. The maximum atomic E-state index is 11.0. The predicted molar refractivity (Wildman–Crippen MR) is 84.4 cm³/mol. The average molecular weight is 310 g/mol. The molecule has 0 spiro atoms. The fraction of sp³-hybridized carbons (Fsp3) is 0.462. The van der Waals surface area contributed by atoms with Crippen molar-refractivity contribution in [1.29, 1.82) is 0 Å². The summed E-state index contributed by atoms with van der Waals surface area (Å²) in [4.78, 5) is 14.7. The quantitative estimate of drug-likeness (QED) is 0.486. The van der Waals surface area contributed by atoms with Crippen LogP contribution in [0.5, 0.6) is 0 Å². The first-order chi connectivity index (χ1) is 10.1. The molecule has 1 fully saturated rings. The molecule has 1 heterocycles. The Balaban J connectivity index is 1.95. The number of nitro groups is 1. The standard InChI is InChI=1S/C13H18N4O3S/c18-10-9-15-5-7-16(8-6-15)13(21)14-11-3-1-2-4-12(11)17(19)20/h1-4,18H,5-10H2,(H,14,21). The molecule has 2 rings (SSSR count). The molecule has 1 saturated heterocycles. The van der Waals surface area contributed by atoms with Crippen molar-refractivity contribution in [2.24, 2.45) is 0 Å². The number of nitrogens with zero attached hydrogens (tertiary/aromatic N) is 3. The monoisotopic (exact) mass is 310 g/mol. The maximum absolute atomic E-state index is 11.0. The highest BCUT2D eigenvalue weighted by molar-refractivity contribution is 7.80. The zero-order valence-electron chi connectivity index (χ0n) is 11.6. The van der Waals surface area contributed by atoms with Gasteiger partial charge in [-0.15, -0.1) is 0 Å². The lowest BCUT2D eigenvalue weighted by molar-refractivity contribution is -0.383. The van der Waals surface area contributed by atoms with Crippen molar-refractivity contribution in [3.8, 4) is 0 Å².